The number of ether oxygens (including phenoxy) is 1. The van der Waals surface area contributed by atoms with Crippen LogP contribution in [0, 0.1) is 5.92 Å². The van der Waals surface area contributed by atoms with Crippen LogP contribution in [0.15, 0.2) is 18.2 Å². The SMILES string of the molecule is COc1ccc2c(c1)CCN(C(=O)CNCC1(O)CCCCC1)C2C1CCCCC1. The van der Waals surface area contributed by atoms with E-state index in [2.05, 4.69) is 22.3 Å². The van der Waals surface area contributed by atoms with Gasteiger partial charge in [0, 0.05) is 13.1 Å². The highest BCUT2D eigenvalue weighted by atomic mass is 16.5. The van der Waals surface area contributed by atoms with Crippen LogP contribution in [0.3, 0.4) is 0 Å². The van der Waals surface area contributed by atoms with Crippen LogP contribution in [-0.4, -0.2) is 48.3 Å². The summed E-state index contributed by atoms with van der Waals surface area (Å²) in [6, 6.07) is 6.56. The zero-order valence-corrected chi connectivity index (χ0v) is 18.5. The number of fused-ring (bicyclic) bond motifs is 1. The number of methoxy groups -OCH3 is 1. The van der Waals surface area contributed by atoms with E-state index in [-0.39, 0.29) is 11.9 Å². The van der Waals surface area contributed by atoms with Gasteiger partial charge in [0.15, 0.2) is 0 Å². The summed E-state index contributed by atoms with van der Waals surface area (Å²) in [5, 5.41) is 14.0. The predicted molar refractivity (Wildman–Crippen MR) is 119 cm³/mol. The van der Waals surface area contributed by atoms with Crippen molar-refractivity contribution >= 4 is 5.91 Å². The van der Waals surface area contributed by atoms with Gasteiger partial charge in [-0.3, -0.25) is 4.79 Å². The summed E-state index contributed by atoms with van der Waals surface area (Å²) in [5.41, 5.74) is 2.01. The molecule has 0 saturated heterocycles. The van der Waals surface area contributed by atoms with Gasteiger partial charge < -0.3 is 20.1 Å². The smallest absolute Gasteiger partial charge is 0.237 e. The molecule has 0 spiro atoms. The van der Waals surface area contributed by atoms with Gasteiger partial charge in [0.25, 0.3) is 0 Å². The zero-order valence-electron chi connectivity index (χ0n) is 18.5. The lowest BCUT2D eigenvalue weighted by Crippen LogP contribution is -2.49. The molecule has 1 unspecified atom stereocenters. The summed E-state index contributed by atoms with van der Waals surface area (Å²) in [7, 11) is 1.71. The van der Waals surface area contributed by atoms with Crippen molar-refractivity contribution < 1.29 is 14.6 Å². The molecule has 1 aromatic rings. The largest absolute Gasteiger partial charge is 0.497 e. The third kappa shape index (κ3) is 4.83. The number of nitrogens with zero attached hydrogens (tertiary/aromatic N) is 1. The van der Waals surface area contributed by atoms with Crippen molar-refractivity contribution in [2.45, 2.75) is 82.3 Å². The van der Waals surface area contributed by atoms with E-state index in [1.165, 1.54) is 49.7 Å². The molecule has 2 aliphatic carbocycles. The predicted octanol–water partition coefficient (Wildman–Crippen LogP) is 3.99. The lowest BCUT2D eigenvalue weighted by Gasteiger charge is -2.43. The summed E-state index contributed by atoms with van der Waals surface area (Å²) < 4.78 is 5.44. The van der Waals surface area contributed by atoms with Gasteiger partial charge in [0.2, 0.25) is 5.91 Å². The fourth-order valence-corrected chi connectivity index (χ4v) is 5.89. The van der Waals surface area contributed by atoms with Crippen molar-refractivity contribution in [3.8, 4) is 5.75 Å². The molecule has 4 rings (SSSR count). The minimum atomic E-state index is -0.633. The van der Waals surface area contributed by atoms with Crippen molar-refractivity contribution in [3.63, 3.8) is 0 Å². The van der Waals surface area contributed by atoms with E-state index in [4.69, 9.17) is 4.74 Å². The van der Waals surface area contributed by atoms with Crippen LogP contribution in [0.25, 0.3) is 0 Å². The molecule has 1 aromatic carbocycles. The first-order chi connectivity index (χ1) is 14.6. The standard InChI is InChI=1S/C25H38N2O3/c1-30-21-10-11-22-20(16-21)12-15-27(24(22)19-8-4-2-5-9-19)23(28)17-26-18-25(29)13-6-3-7-14-25/h10-11,16,19,24,26,29H,2-9,12-15,17-18H2,1H3. The quantitative estimate of drug-likeness (QED) is 0.739. The summed E-state index contributed by atoms with van der Waals surface area (Å²) >= 11 is 0. The van der Waals surface area contributed by atoms with E-state index in [1.807, 2.05) is 6.07 Å². The first-order valence-corrected chi connectivity index (χ1v) is 12.0. The Morgan fingerprint density at radius 1 is 1.17 bits per heavy atom. The lowest BCUT2D eigenvalue weighted by atomic mass is 9.77. The average Bonchev–Trinajstić information content (AvgIpc) is 2.78. The molecule has 0 aromatic heterocycles. The molecular formula is C25H38N2O3. The van der Waals surface area contributed by atoms with Gasteiger partial charge in [-0.15, -0.1) is 0 Å². The fraction of sp³-hybridized carbons (Fsp3) is 0.720. The first kappa shape index (κ1) is 21.6. The summed E-state index contributed by atoms with van der Waals surface area (Å²) in [6.45, 7) is 1.61. The maximum Gasteiger partial charge on any atom is 0.237 e. The second kappa shape index (κ2) is 9.69. The number of carbonyl (C=O) groups is 1. The zero-order chi connectivity index (χ0) is 21.0. The van der Waals surface area contributed by atoms with Crippen LogP contribution in [-0.2, 0) is 11.2 Å². The molecule has 0 bridgehead atoms. The van der Waals surface area contributed by atoms with Gasteiger partial charge in [-0.2, -0.15) is 0 Å². The molecule has 3 aliphatic rings. The number of aliphatic hydroxyl groups is 1. The van der Waals surface area contributed by atoms with Crippen molar-refractivity contribution in [3.05, 3.63) is 29.3 Å². The van der Waals surface area contributed by atoms with Crippen LogP contribution in [0.2, 0.25) is 0 Å². The Kier molecular flexibility index (Phi) is 6.99. The van der Waals surface area contributed by atoms with Crippen LogP contribution >= 0.6 is 0 Å². The van der Waals surface area contributed by atoms with E-state index in [1.54, 1.807) is 7.11 Å². The Balaban J connectivity index is 1.46. The molecule has 2 saturated carbocycles. The van der Waals surface area contributed by atoms with Crippen LogP contribution in [0.5, 0.6) is 5.75 Å². The van der Waals surface area contributed by atoms with Gasteiger partial charge in [-0.1, -0.05) is 44.6 Å². The van der Waals surface area contributed by atoms with E-state index < -0.39 is 5.60 Å². The topological polar surface area (TPSA) is 61.8 Å². The number of nitrogens with one attached hydrogen (secondary N) is 1. The number of rotatable bonds is 6. The molecule has 5 heteroatoms. The third-order valence-corrected chi connectivity index (χ3v) is 7.56. The number of benzene rings is 1. The summed E-state index contributed by atoms with van der Waals surface area (Å²) in [4.78, 5) is 15.4. The maximum atomic E-state index is 13.3. The Morgan fingerprint density at radius 2 is 1.90 bits per heavy atom. The molecule has 1 aliphatic heterocycles. The highest BCUT2D eigenvalue weighted by molar-refractivity contribution is 5.79. The molecule has 2 N–H and O–H groups in total. The van der Waals surface area contributed by atoms with E-state index in [0.717, 1.165) is 44.4 Å². The monoisotopic (exact) mass is 414 g/mol. The van der Waals surface area contributed by atoms with Crippen molar-refractivity contribution in [2.24, 2.45) is 5.92 Å². The van der Waals surface area contributed by atoms with Gasteiger partial charge in [-0.05, 0) is 61.3 Å². The molecule has 30 heavy (non-hydrogen) atoms. The molecule has 2 fully saturated rings. The third-order valence-electron chi connectivity index (χ3n) is 7.56. The first-order valence-electron chi connectivity index (χ1n) is 12.0. The van der Waals surface area contributed by atoms with Crippen LogP contribution in [0.4, 0.5) is 0 Å². The fourth-order valence-electron chi connectivity index (χ4n) is 5.89. The Hall–Kier alpha value is -1.59. The number of carbonyl (C=O) groups excluding carboxylic acids is 1. The second-order valence-corrected chi connectivity index (χ2v) is 9.63. The lowest BCUT2D eigenvalue weighted by molar-refractivity contribution is -0.135. The minimum absolute atomic E-state index is 0.173. The molecule has 0 radical (unpaired) electrons. The summed E-state index contributed by atoms with van der Waals surface area (Å²) in [6.07, 6.45) is 12.2. The average molecular weight is 415 g/mol. The number of amides is 1. The van der Waals surface area contributed by atoms with Crippen LogP contribution < -0.4 is 10.1 Å². The van der Waals surface area contributed by atoms with Crippen molar-refractivity contribution in [1.82, 2.24) is 10.2 Å². The molecule has 1 heterocycles. The Labute approximate surface area is 181 Å². The van der Waals surface area contributed by atoms with E-state index in [9.17, 15) is 9.90 Å². The molecule has 1 amide bonds. The highest BCUT2D eigenvalue weighted by Crippen LogP contribution is 2.42. The summed E-state index contributed by atoms with van der Waals surface area (Å²) in [5.74, 6) is 1.61. The van der Waals surface area contributed by atoms with Gasteiger partial charge in [-0.25, -0.2) is 0 Å². The normalized spacial score (nSPS) is 24.3. The molecular weight excluding hydrogens is 376 g/mol. The molecule has 5 nitrogen and oxygen atoms in total. The van der Waals surface area contributed by atoms with Crippen LogP contribution in [0.1, 0.15) is 81.4 Å². The van der Waals surface area contributed by atoms with E-state index >= 15 is 0 Å². The van der Waals surface area contributed by atoms with Gasteiger partial charge in [0.1, 0.15) is 5.75 Å². The highest BCUT2D eigenvalue weighted by Gasteiger charge is 2.37. The Morgan fingerprint density at radius 3 is 2.63 bits per heavy atom. The van der Waals surface area contributed by atoms with Crippen molar-refractivity contribution in [1.29, 1.82) is 0 Å². The number of hydrogen-bond donors (Lipinski definition) is 2. The van der Waals surface area contributed by atoms with E-state index in [0.29, 0.717) is 19.0 Å². The second-order valence-electron chi connectivity index (χ2n) is 9.63. The minimum Gasteiger partial charge on any atom is -0.497 e. The van der Waals surface area contributed by atoms with Gasteiger partial charge >= 0.3 is 0 Å². The Bertz CT molecular complexity index is 723. The number of hydrogen-bond acceptors (Lipinski definition) is 4. The van der Waals surface area contributed by atoms with Gasteiger partial charge in [0.05, 0.1) is 25.3 Å². The maximum absolute atomic E-state index is 13.3. The molecule has 166 valence electrons. The molecule has 1 atom stereocenters. The van der Waals surface area contributed by atoms with Crippen molar-refractivity contribution in [2.75, 3.05) is 26.7 Å².